The van der Waals surface area contributed by atoms with Crippen molar-refractivity contribution in [2.75, 3.05) is 13.7 Å². The van der Waals surface area contributed by atoms with E-state index in [4.69, 9.17) is 4.74 Å². The van der Waals surface area contributed by atoms with E-state index in [-0.39, 0.29) is 25.0 Å². The Bertz CT molecular complexity index is 697. The van der Waals surface area contributed by atoms with Gasteiger partial charge in [-0.1, -0.05) is 65.0 Å². The summed E-state index contributed by atoms with van der Waals surface area (Å²) in [4.78, 5) is 37.4. The van der Waals surface area contributed by atoms with Crippen molar-refractivity contribution in [1.82, 2.24) is 10.6 Å². The highest BCUT2D eigenvalue weighted by Gasteiger charge is 2.39. The smallest absolute Gasteiger partial charge is 0.309 e. The first-order valence-electron chi connectivity index (χ1n) is 10.3. The van der Waals surface area contributed by atoms with E-state index in [9.17, 15) is 19.5 Å². The molecule has 0 saturated carbocycles. The Morgan fingerprint density at radius 2 is 1.63 bits per heavy atom. The molecule has 0 aliphatic heterocycles. The monoisotopic (exact) mass is 420 g/mol. The second kappa shape index (κ2) is 11.7. The van der Waals surface area contributed by atoms with Gasteiger partial charge in [0.25, 0.3) is 0 Å². The maximum atomic E-state index is 13.1. The molecule has 0 unspecified atom stereocenters. The first-order chi connectivity index (χ1) is 14.0. The molecular weight excluding hydrogens is 384 g/mol. The minimum atomic E-state index is -1.09. The van der Waals surface area contributed by atoms with Gasteiger partial charge in [-0.05, 0) is 23.3 Å². The highest BCUT2D eigenvalue weighted by molar-refractivity contribution is 5.90. The number of hydrogen-bond donors (Lipinski definition) is 3. The average molecular weight is 421 g/mol. The summed E-state index contributed by atoms with van der Waals surface area (Å²) in [5.41, 5.74) is 0.402. The van der Waals surface area contributed by atoms with Gasteiger partial charge in [-0.15, -0.1) is 0 Å². The Balaban J connectivity index is 2.99. The van der Waals surface area contributed by atoms with Crippen LogP contribution in [0.3, 0.4) is 0 Å². The predicted molar refractivity (Wildman–Crippen MR) is 116 cm³/mol. The van der Waals surface area contributed by atoms with Gasteiger partial charge in [-0.2, -0.15) is 0 Å². The molecule has 1 aromatic carbocycles. The van der Waals surface area contributed by atoms with Crippen molar-refractivity contribution in [2.45, 2.75) is 53.7 Å². The first kappa shape index (κ1) is 25.6. The molecule has 0 spiro atoms. The second-order valence-electron chi connectivity index (χ2n) is 9.10. The van der Waals surface area contributed by atoms with E-state index < -0.39 is 35.2 Å². The zero-order valence-electron chi connectivity index (χ0n) is 18.9. The Labute approximate surface area is 179 Å². The molecular formula is C23H36N2O5. The molecule has 0 aliphatic rings. The zero-order chi connectivity index (χ0) is 22.9. The summed E-state index contributed by atoms with van der Waals surface area (Å²) in [5.74, 6) is -3.57. The third-order valence-corrected chi connectivity index (χ3v) is 4.94. The number of carboxylic acid groups (broad SMARTS) is 1. The lowest BCUT2D eigenvalue weighted by Crippen LogP contribution is -2.55. The van der Waals surface area contributed by atoms with Gasteiger partial charge in [0.1, 0.15) is 6.04 Å². The van der Waals surface area contributed by atoms with Crippen LogP contribution in [0.25, 0.3) is 0 Å². The number of carbonyl (C=O) groups is 3. The van der Waals surface area contributed by atoms with Gasteiger partial charge >= 0.3 is 5.97 Å². The number of amides is 2. The molecule has 0 heterocycles. The molecule has 0 saturated heterocycles. The number of carbonyl (C=O) groups excluding carboxylic acids is 2. The number of hydrogen-bond acceptors (Lipinski definition) is 4. The van der Waals surface area contributed by atoms with Crippen molar-refractivity contribution in [3.63, 3.8) is 0 Å². The fourth-order valence-corrected chi connectivity index (χ4v) is 3.27. The Morgan fingerprint density at radius 1 is 1.03 bits per heavy atom. The van der Waals surface area contributed by atoms with E-state index in [1.165, 1.54) is 7.05 Å². The van der Waals surface area contributed by atoms with E-state index in [0.717, 1.165) is 5.56 Å². The highest BCUT2D eigenvalue weighted by Crippen LogP contribution is 2.25. The van der Waals surface area contributed by atoms with E-state index in [2.05, 4.69) is 10.6 Å². The van der Waals surface area contributed by atoms with E-state index in [0.29, 0.717) is 6.42 Å². The van der Waals surface area contributed by atoms with E-state index >= 15 is 0 Å². The van der Waals surface area contributed by atoms with Crippen LogP contribution in [-0.4, -0.2) is 42.6 Å². The maximum Gasteiger partial charge on any atom is 0.309 e. The van der Waals surface area contributed by atoms with E-state index in [1.807, 2.05) is 65.0 Å². The molecule has 7 nitrogen and oxygen atoms in total. The first-order valence-corrected chi connectivity index (χ1v) is 10.3. The largest absolute Gasteiger partial charge is 0.481 e. The molecule has 2 amide bonds. The Hall–Kier alpha value is -2.41. The molecule has 168 valence electrons. The lowest BCUT2D eigenvalue weighted by molar-refractivity contribution is -0.151. The van der Waals surface area contributed by atoms with Crippen LogP contribution in [0.1, 0.15) is 46.6 Å². The number of nitrogens with one attached hydrogen (secondary N) is 2. The summed E-state index contributed by atoms with van der Waals surface area (Å²) in [6.07, 6.45) is 0.377. The van der Waals surface area contributed by atoms with Gasteiger partial charge < -0.3 is 20.5 Å². The van der Waals surface area contributed by atoms with Crippen molar-refractivity contribution in [3.8, 4) is 0 Å². The Kier molecular flexibility index (Phi) is 9.99. The number of likely N-dealkylation sites (N-methyl/N-ethyl adjacent to an activating group) is 1. The van der Waals surface area contributed by atoms with Crippen molar-refractivity contribution in [2.24, 2.45) is 23.2 Å². The number of rotatable bonds is 11. The van der Waals surface area contributed by atoms with Crippen LogP contribution in [0, 0.1) is 23.2 Å². The molecule has 1 aromatic rings. The molecule has 7 heteroatoms. The SMILES string of the molecule is CNC(=O)[C@@H](NC(=O)[C@H](CC(C)C)[C@H](COCc1ccccc1)C(=O)O)C(C)(C)C. The topological polar surface area (TPSA) is 105 Å². The molecule has 3 N–H and O–H groups in total. The quantitative estimate of drug-likeness (QED) is 0.511. The van der Waals surface area contributed by atoms with Gasteiger partial charge in [-0.3, -0.25) is 14.4 Å². The van der Waals surface area contributed by atoms with Gasteiger partial charge in [0, 0.05) is 7.05 Å². The lowest BCUT2D eigenvalue weighted by atomic mass is 9.82. The molecule has 30 heavy (non-hydrogen) atoms. The summed E-state index contributed by atoms with van der Waals surface area (Å²) in [7, 11) is 1.51. The predicted octanol–water partition coefficient (Wildman–Crippen LogP) is 2.84. The van der Waals surface area contributed by atoms with Crippen LogP contribution in [0.2, 0.25) is 0 Å². The van der Waals surface area contributed by atoms with Crippen LogP contribution in [0.15, 0.2) is 30.3 Å². The summed E-state index contributed by atoms with van der Waals surface area (Å²) < 4.78 is 5.66. The lowest BCUT2D eigenvalue weighted by Gasteiger charge is -2.33. The highest BCUT2D eigenvalue weighted by atomic mass is 16.5. The van der Waals surface area contributed by atoms with Crippen LogP contribution < -0.4 is 10.6 Å². The van der Waals surface area contributed by atoms with Crippen LogP contribution in [0.5, 0.6) is 0 Å². The fraction of sp³-hybridized carbons (Fsp3) is 0.609. The second-order valence-corrected chi connectivity index (χ2v) is 9.10. The minimum Gasteiger partial charge on any atom is -0.481 e. The van der Waals surface area contributed by atoms with E-state index in [1.54, 1.807) is 0 Å². The summed E-state index contributed by atoms with van der Waals surface area (Å²) in [5, 5.41) is 15.2. The minimum absolute atomic E-state index is 0.0881. The third kappa shape index (κ3) is 8.14. The molecule has 0 bridgehead atoms. The molecule has 1 rings (SSSR count). The standard InChI is InChI=1S/C23H36N2O5/c1-15(2)12-17(20(26)25-19(21(27)24-6)23(3,4)5)18(22(28)29)14-30-13-16-10-8-7-9-11-16/h7-11,15,17-19H,12-14H2,1-6H3,(H,24,27)(H,25,26)(H,28,29)/t17-,18+,19-/m1/s1. The fourth-order valence-electron chi connectivity index (χ4n) is 3.27. The number of benzene rings is 1. The van der Waals surface area contributed by atoms with Crippen LogP contribution in [0.4, 0.5) is 0 Å². The molecule has 0 aromatic heterocycles. The van der Waals surface area contributed by atoms with Crippen LogP contribution in [-0.2, 0) is 25.7 Å². The third-order valence-electron chi connectivity index (χ3n) is 4.94. The number of aliphatic carboxylic acids is 1. The maximum absolute atomic E-state index is 13.1. The average Bonchev–Trinajstić information content (AvgIpc) is 2.66. The Morgan fingerprint density at radius 3 is 2.10 bits per heavy atom. The van der Waals surface area contributed by atoms with Crippen molar-refractivity contribution < 1.29 is 24.2 Å². The van der Waals surface area contributed by atoms with Gasteiger partial charge in [-0.25, -0.2) is 0 Å². The molecule has 0 aliphatic carbocycles. The molecule has 0 fully saturated rings. The van der Waals surface area contributed by atoms with Gasteiger partial charge in [0.05, 0.1) is 25.0 Å². The van der Waals surface area contributed by atoms with Crippen molar-refractivity contribution >= 4 is 17.8 Å². The summed E-state index contributed by atoms with van der Waals surface area (Å²) in [6.45, 7) is 9.60. The van der Waals surface area contributed by atoms with Gasteiger partial charge in [0.2, 0.25) is 11.8 Å². The molecule has 0 radical (unpaired) electrons. The number of ether oxygens (including phenoxy) is 1. The zero-order valence-corrected chi connectivity index (χ0v) is 18.9. The summed E-state index contributed by atoms with van der Waals surface area (Å²) in [6, 6.07) is 8.67. The normalized spacial score (nSPS) is 14.6. The van der Waals surface area contributed by atoms with Crippen molar-refractivity contribution in [3.05, 3.63) is 35.9 Å². The van der Waals surface area contributed by atoms with Crippen LogP contribution >= 0.6 is 0 Å². The van der Waals surface area contributed by atoms with Gasteiger partial charge in [0.15, 0.2) is 0 Å². The summed E-state index contributed by atoms with van der Waals surface area (Å²) >= 11 is 0. The van der Waals surface area contributed by atoms with Crippen molar-refractivity contribution in [1.29, 1.82) is 0 Å². The number of carboxylic acids is 1. The molecule has 3 atom stereocenters.